The van der Waals surface area contributed by atoms with Crippen molar-refractivity contribution in [2.24, 2.45) is 0 Å². The molecule has 0 saturated carbocycles. The Morgan fingerprint density at radius 3 is 1.82 bits per heavy atom. The zero-order chi connectivity index (χ0) is 25.7. The molecule has 0 radical (unpaired) electrons. The first-order chi connectivity index (χ1) is 19.3. The standard InChI is InChI=1S/C37H21ClS/c38-32-17-8-18-34-36(32)27-21-22(19-20-33(27)39-34)23-12-7-16-31-35(23)26-11-3-6-15-30(26)37(31)28-13-4-1-9-24(28)25-10-2-5-14-29(25)37/h1-21H. The highest BCUT2D eigenvalue weighted by atomic mass is 35.5. The number of fused-ring (bicyclic) bond motifs is 13. The number of thiophene rings is 1. The van der Waals surface area contributed by atoms with Gasteiger partial charge in [0, 0.05) is 25.2 Å². The van der Waals surface area contributed by atoms with E-state index in [1.807, 2.05) is 23.5 Å². The largest absolute Gasteiger partial charge is 0.135 e. The normalized spacial score (nSPS) is 14.0. The summed E-state index contributed by atoms with van der Waals surface area (Å²) < 4.78 is 2.50. The van der Waals surface area contributed by atoms with Crippen LogP contribution in [0.1, 0.15) is 22.3 Å². The van der Waals surface area contributed by atoms with Crippen molar-refractivity contribution in [3.63, 3.8) is 0 Å². The SMILES string of the molecule is Clc1cccc2sc3ccc(-c4cccc5c4-c4ccccc4C54c5ccccc5-c5ccccc54)cc3c12. The third-order valence-corrected chi connectivity index (χ3v) is 10.2. The molecule has 0 fully saturated rings. The number of hydrogen-bond donors (Lipinski definition) is 0. The maximum atomic E-state index is 6.72. The number of halogens is 1. The smallest absolute Gasteiger partial charge is 0.0725 e. The van der Waals surface area contributed by atoms with Gasteiger partial charge < -0.3 is 0 Å². The van der Waals surface area contributed by atoms with Gasteiger partial charge in [-0.1, -0.05) is 115 Å². The van der Waals surface area contributed by atoms with E-state index in [1.165, 1.54) is 70.4 Å². The third-order valence-electron chi connectivity index (χ3n) is 8.78. The van der Waals surface area contributed by atoms with E-state index >= 15 is 0 Å². The fourth-order valence-corrected chi connectivity index (χ4v) is 8.78. The lowest BCUT2D eigenvalue weighted by Gasteiger charge is -2.30. The Morgan fingerprint density at radius 2 is 1.08 bits per heavy atom. The van der Waals surface area contributed by atoms with Crippen LogP contribution in [0.2, 0.25) is 5.02 Å². The van der Waals surface area contributed by atoms with Gasteiger partial charge in [0.25, 0.3) is 0 Å². The van der Waals surface area contributed by atoms with Crippen LogP contribution in [0.25, 0.3) is 53.6 Å². The van der Waals surface area contributed by atoms with E-state index in [1.54, 1.807) is 0 Å². The van der Waals surface area contributed by atoms with Gasteiger partial charge in [-0.2, -0.15) is 0 Å². The summed E-state index contributed by atoms with van der Waals surface area (Å²) in [6.45, 7) is 0. The molecule has 1 heterocycles. The molecule has 0 saturated heterocycles. The van der Waals surface area contributed by atoms with Crippen LogP contribution in [0.4, 0.5) is 0 Å². The minimum Gasteiger partial charge on any atom is -0.135 e. The van der Waals surface area contributed by atoms with Gasteiger partial charge in [0.2, 0.25) is 0 Å². The Labute approximate surface area is 235 Å². The average Bonchev–Trinajstić information content (AvgIpc) is 3.61. The minimum absolute atomic E-state index is 0.322. The molecule has 0 unspecified atom stereocenters. The van der Waals surface area contributed by atoms with Crippen molar-refractivity contribution in [1.82, 2.24) is 0 Å². The summed E-state index contributed by atoms with van der Waals surface area (Å²) in [6, 6.07) is 47.0. The summed E-state index contributed by atoms with van der Waals surface area (Å²) in [5.74, 6) is 0. The molecule has 7 aromatic rings. The van der Waals surface area contributed by atoms with Crippen LogP contribution in [-0.2, 0) is 5.41 Å². The Morgan fingerprint density at radius 1 is 0.487 bits per heavy atom. The second-order valence-electron chi connectivity index (χ2n) is 10.5. The van der Waals surface area contributed by atoms with Gasteiger partial charge in [0.05, 0.1) is 5.41 Å². The van der Waals surface area contributed by atoms with Gasteiger partial charge in [0.1, 0.15) is 0 Å². The van der Waals surface area contributed by atoms with E-state index in [0.717, 1.165) is 10.4 Å². The van der Waals surface area contributed by atoms with Gasteiger partial charge in [-0.3, -0.25) is 0 Å². The lowest BCUT2D eigenvalue weighted by atomic mass is 9.70. The van der Waals surface area contributed by atoms with Crippen molar-refractivity contribution < 1.29 is 0 Å². The zero-order valence-corrected chi connectivity index (χ0v) is 22.5. The van der Waals surface area contributed by atoms with Crippen molar-refractivity contribution in [3.05, 3.63) is 155 Å². The summed E-state index contributed by atoms with van der Waals surface area (Å²) in [7, 11) is 0. The quantitative estimate of drug-likeness (QED) is 0.197. The molecule has 182 valence electrons. The molecule has 0 aliphatic heterocycles. The molecule has 1 aromatic heterocycles. The van der Waals surface area contributed by atoms with Gasteiger partial charge in [-0.25, -0.2) is 0 Å². The Hall–Kier alpha value is -4.17. The number of benzene rings is 6. The van der Waals surface area contributed by atoms with E-state index in [9.17, 15) is 0 Å². The molecular formula is C37H21ClS. The molecule has 0 bridgehead atoms. The van der Waals surface area contributed by atoms with E-state index < -0.39 is 0 Å². The predicted octanol–water partition coefficient (Wildman–Crippen LogP) is 10.7. The van der Waals surface area contributed by atoms with Crippen LogP contribution in [-0.4, -0.2) is 0 Å². The van der Waals surface area contributed by atoms with E-state index in [0.29, 0.717) is 0 Å². The first-order valence-corrected chi connectivity index (χ1v) is 14.5. The van der Waals surface area contributed by atoms with Gasteiger partial charge in [0.15, 0.2) is 0 Å². The van der Waals surface area contributed by atoms with Gasteiger partial charge in [-0.15, -0.1) is 11.3 Å². The lowest BCUT2D eigenvalue weighted by molar-refractivity contribution is 0.794. The molecular weight excluding hydrogens is 512 g/mol. The molecule has 6 aromatic carbocycles. The molecule has 2 aliphatic carbocycles. The zero-order valence-electron chi connectivity index (χ0n) is 20.9. The van der Waals surface area contributed by atoms with Crippen LogP contribution in [0.3, 0.4) is 0 Å². The average molecular weight is 533 g/mol. The van der Waals surface area contributed by atoms with E-state index in [2.05, 4.69) is 115 Å². The maximum absolute atomic E-state index is 6.72. The maximum Gasteiger partial charge on any atom is 0.0725 e. The summed E-state index contributed by atoms with van der Waals surface area (Å²) in [4.78, 5) is 0. The monoisotopic (exact) mass is 532 g/mol. The molecule has 9 rings (SSSR count). The molecule has 2 aliphatic rings. The van der Waals surface area contributed by atoms with Crippen LogP contribution in [0.5, 0.6) is 0 Å². The molecule has 0 atom stereocenters. The van der Waals surface area contributed by atoms with Gasteiger partial charge in [-0.05, 0) is 79.9 Å². The molecule has 39 heavy (non-hydrogen) atoms. The van der Waals surface area contributed by atoms with Crippen molar-refractivity contribution in [1.29, 1.82) is 0 Å². The summed E-state index contributed by atoms with van der Waals surface area (Å²) >= 11 is 8.53. The van der Waals surface area contributed by atoms with Crippen molar-refractivity contribution in [3.8, 4) is 33.4 Å². The Balaban J connectivity index is 1.40. The predicted molar refractivity (Wildman–Crippen MR) is 166 cm³/mol. The first kappa shape index (κ1) is 21.7. The first-order valence-electron chi connectivity index (χ1n) is 13.3. The number of rotatable bonds is 1. The second-order valence-corrected chi connectivity index (χ2v) is 12.0. The molecule has 2 heteroatoms. The molecule has 0 nitrogen and oxygen atoms in total. The summed E-state index contributed by atoms with van der Waals surface area (Å²) in [6.07, 6.45) is 0. The number of hydrogen-bond acceptors (Lipinski definition) is 1. The fourth-order valence-electron chi connectivity index (χ4n) is 7.34. The highest BCUT2D eigenvalue weighted by Gasteiger charge is 2.51. The van der Waals surface area contributed by atoms with Crippen molar-refractivity contribution >= 4 is 43.1 Å². The van der Waals surface area contributed by atoms with E-state index in [-0.39, 0.29) is 5.41 Å². The molecule has 0 amide bonds. The minimum atomic E-state index is -0.322. The third kappa shape index (κ3) is 2.65. The fraction of sp³-hybridized carbons (Fsp3) is 0.0270. The highest BCUT2D eigenvalue weighted by molar-refractivity contribution is 7.26. The Kier molecular flexibility index (Phi) is 4.29. The van der Waals surface area contributed by atoms with Crippen molar-refractivity contribution in [2.75, 3.05) is 0 Å². The highest BCUT2D eigenvalue weighted by Crippen LogP contribution is 2.63. The second kappa shape index (κ2) is 7.70. The summed E-state index contributed by atoms with van der Waals surface area (Å²) in [5, 5.41) is 3.20. The van der Waals surface area contributed by atoms with Crippen molar-refractivity contribution in [2.45, 2.75) is 5.41 Å². The van der Waals surface area contributed by atoms with Gasteiger partial charge >= 0.3 is 0 Å². The molecule has 1 spiro atoms. The topological polar surface area (TPSA) is 0 Å². The lowest BCUT2D eigenvalue weighted by Crippen LogP contribution is -2.25. The Bertz CT molecular complexity index is 2100. The molecule has 0 N–H and O–H groups in total. The van der Waals surface area contributed by atoms with Crippen LogP contribution in [0, 0.1) is 0 Å². The van der Waals surface area contributed by atoms with Crippen LogP contribution >= 0.6 is 22.9 Å². The summed E-state index contributed by atoms with van der Waals surface area (Å²) in [5.41, 5.74) is 13.0. The van der Waals surface area contributed by atoms with Crippen LogP contribution < -0.4 is 0 Å². The van der Waals surface area contributed by atoms with Crippen LogP contribution in [0.15, 0.2) is 127 Å². The van der Waals surface area contributed by atoms with E-state index in [4.69, 9.17) is 11.6 Å².